The number of benzene rings is 2. The summed E-state index contributed by atoms with van der Waals surface area (Å²) in [6.07, 6.45) is 6.16. The van der Waals surface area contributed by atoms with Crippen LogP contribution >= 0.6 is 0 Å². The number of hydrogen-bond donors (Lipinski definition) is 3. The topological polar surface area (TPSA) is 81.7 Å². The number of nitrogens with zero attached hydrogens (tertiary/aromatic N) is 1. The van der Waals surface area contributed by atoms with Crippen LogP contribution in [0.2, 0.25) is 0 Å². The van der Waals surface area contributed by atoms with E-state index in [1.54, 1.807) is 17.6 Å². The van der Waals surface area contributed by atoms with Gasteiger partial charge in [0.15, 0.2) is 0 Å². The number of hydroxylamine groups is 1. The number of anilines is 1. The smallest absolute Gasteiger partial charge is 0.274 e. The van der Waals surface area contributed by atoms with E-state index in [1.807, 2.05) is 18.2 Å². The van der Waals surface area contributed by atoms with E-state index < -0.39 is 5.91 Å². The van der Waals surface area contributed by atoms with Crippen LogP contribution < -0.4 is 15.7 Å². The summed E-state index contributed by atoms with van der Waals surface area (Å²) in [6.45, 7) is 0.676. The summed E-state index contributed by atoms with van der Waals surface area (Å²) in [6, 6.07) is 17.4. The number of carbonyl (C=O) groups is 2. The predicted octanol–water partition coefficient (Wildman–Crippen LogP) is 3.36. The van der Waals surface area contributed by atoms with Gasteiger partial charge >= 0.3 is 0 Å². The summed E-state index contributed by atoms with van der Waals surface area (Å²) in [7, 11) is 0. The molecule has 2 fully saturated rings. The highest BCUT2D eigenvalue weighted by molar-refractivity contribution is 5.94. The average molecular weight is 393 g/mol. The Morgan fingerprint density at radius 3 is 2.31 bits per heavy atom. The molecule has 2 aromatic rings. The van der Waals surface area contributed by atoms with Gasteiger partial charge in [-0.25, -0.2) is 5.48 Å². The van der Waals surface area contributed by atoms with Gasteiger partial charge in [-0.1, -0.05) is 49.6 Å². The molecule has 1 heterocycles. The Hall–Kier alpha value is -2.86. The van der Waals surface area contributed by atoms with Crippen LogP contribution in [-0.2, 0) is 10.3 Å². The zero-order chi connectivity index (χ0) is 20.3. The fourth-order valence-corrected chi connectivity index (χ4v) is 4.94. The summed E-state index contributed by atoms with van der Waals surface area (Å²) in [5.41, 5.74) is 3.95. The van der Waals surface area contributed by atoms with Crippen LogP contribution in [-0.4, -0.2) is 29.6 Å². The van der Waals surface area contributed by atoms with E-state index >= 15 is 0 Å². The summed E-state index contributed by atoms with van der Waals surface area (Å²) in [4.78, 5) is 26.8. The molecule has 29 heavy (non-hydrogen) atoms. The summed E-state index contributed by atoms with van der Waals surface area (Å²) < 4.78 is 0. The van der Waals surface area contributed by atoms with Crippen LogP contribution in [0.4, 0.5) is 5.69 Å². The first-order chi connectivity index (χ1) is 14.2. The third-order valence-electron chi connectivity index (χ3n) is 6.29. The average Bonchev–Trinajstić information content (AvgIpc) is 3.20. The van der Waals surface area contributed by atoms with Crippen molar-refractivity contribution in [1.29, 1.82) is 0 Å². The van der Waals surface area contributed by atoms with E-state index in [0.717, 1.165) is 37.8 Å². The van der Waals surface area contributed by atoms with E-state index in [0.29, 0.717) is 12.1 Å². The summed E-state index contributed by atoms with van der Waals surface area (Å²) >= 11 is 0. The first kappa shape index (κ1) is 19.5. The number of amides is 2. The van der Waals surface area contributed by atoms with E-state index in [2.05, 4.69) is 34.5 Å². The molecule has 0 spiro atoms. The molecule has 1 saturated carbocycles. The van der Waals surface area contributed by atoms with Gasteiger partial charge in [0.05, 0.1) is 5.54 Å². The van der Waals surface area contributed by atoms with E-state index in [-0.39, 0.29) is 17.5 Å². The molecular weight excluding hydrogens is 366 g/mol. The third kappa shape index (κ3) is 3.60. The van der Waals surface area contributed by atoms with Gasteiger partial charge in [0.2, 0.25) is 5.91 Å². The fourth-order valence-electron chi connectivity index (χ4n) is 4.94. The van der Waals surface area contributed by atoms with Crippen LogP contribution in [0.15, 0.2) is 54.6 Å². The number of hydrogen-bond acceptors (Lipinski definition) is 4. The van der Waals surface area contributed by atoms with Gasteiger partial charge in [-0.2, -0.15) is 0 Å². The molecule has 3 N–H and O–H groups in total. The summed E-state index contributed by atoms with van der Waals surface area (Å²) in [5.74, 6) is -0.486. The Kier molecular flexibility index (Phi) is 5.53. The standard InChI is InChI=1S/C23H27N3O3/c27-21(25-29)17-9-11-19(12-10-17)26(20-13-16-24-22(20)28)23(14-5-2-6-15-23)18-7-3-1-4-8-18/h1,3-4,7-12,20,29H,2,5-6,13-16H2,(H,24,28)(H,25,27). The Morgan fingerprint density at radius 2 is 1.72 bits per heavy atom. The van der Waals surface area contributed by atoms with Crippen molar-refractivity contribution in [2.24, 2.45) is 0 Å². The minimum atomic E-state index is -0.544. The minimum Gasteiger partial charge on any atom is -0.354 e. The zero-order valence-corrected chi connectivity index (χ0v) is 16.4. The van der Waals surface area contributed by atoms with Crippen molar-refractivity contribution in [3.05, 3.63) is 65.7 Å². The molecule has 0 bridgehead atoms. The molecule has 1 aliphatic heterocycles. The van der Waals surface area contributed by atoms with Crippen molar-refractivity contribution in [1.82, 2.24) is 10.8 Å². The molecule has 1 atom stereocenters. The van der Waals surface area contributed by atoms with Gasteiger partial charge in [0.25, 0.3) is 5.91 Å². The van der Waals surface area contributed by atoms with Gasteiger partial charge in [-0.15, -0.1) is 0 Å². The predicted molar refractivity (Wildman–Crippen MR) is 111 cm³/mol. The molecule has 6 nitrogen and oxygen atoms in total. The lowest BCUT2D eigenvalue weighted by molar-refractivity contribution is -0.120. The van der Waals surface area contributed by atoms with E-state index in [1.165, 1.54) is 12.0 Å². The highest BCUT2D eigenvalue weighted by atomic mass is 16.5. The van der Waals surface area contributed by atoms with Crippen molar-refractivity contribution < 1.29 is 14.8 Å². The fraction of sp³-hybridized carbons (Fsp3) is 0.391. The number of nitrogens with one attached hydrogen (secondary N) is 2. The Balaban J connectivity index is 1.83. The molecule has 4 rings (SSSR count). The molecule has 0 aromatic heterocycles. The van der Waals surface area contributed by atoms with Crippen LogP contribution in [0.5, 0.6) is 0 Å². The number of rotatable bonds is 5. The SMILES string of the molecule is O=C(NO)c1ccc(N(C2CCNC2=O)C2(c3ccccc3)CCCCC2)cc1. The molecule has 0 radical (unpaired) electrons. The van der Waals surface area contributed by atoms with E-state index in [9.17, 15) is 9.59 Å². The lowest BCUT2D eigenvalue weighted by Crippen LogP contribution is -2.55. The molecule has 1 aliphatic carbocycles. The first-order valence-corrected chi connectivity index (χ1v) is 10.3. The van der Waals surface area contributed by atoms with Gasteiger partial charge in [-0.3, -0.25) is 14.8 Å². The maximum atomic E-state index is 12.8. The van der Waals surface area contributed by atoms with Crippen molar-refractivity contribution in [2.75, 3.05) is 11.4 Å². The molecule has 2 aliphatic rings. The zero-order valence-electron chi connectivity index (χ0n) is 16.4. The third-order valence-corrected chi connectivity index (χ3v) is 6.29. The minimum absolute atomic E-state index is 0.0584. The first-order valence-electron chi connectivity index (χ1n) is 10.3. The Labute approximate surface area is 170 Å². The normalized spacial score (nSPS) is 20.7. The second-order valence-electron chi connectivity index (χ2n) is 7.91. The largest absolute Gasteiger partial charge is 0.354 e. The van der Waals surface area contributed by atoms with Crippen LogP contribution in [0.1, 0.15) is 54.4 Å². The maximum Gasteiger partial charge on any atom is 0.274 e. The van der Waals surface area contributed by atoms with Crippen molar-refractivity contribution in [2.45, 2.75) is 50.1 Å². The Morgan fingerprint density at radius 1 is 1.03 bits per heavy atom. The van der Waals surface area contributed by atoms with Gasteiger partial charge in [-0.05, 0) is 49.1 Å². The van der Waals surface area contributed by atoms with E-state index in [4.69, 9.17) is 5.21 Å². The molecular formula is C23H27N3O3. The molecule has 2 amide bonds. The lowest BCUT2D eigenvalue weighted by atomic mass is 9.74. The molecule has 1 saturated heterocycles. The molecule has 6 heteroatoms. The Bertz CT molecular complexity index is 861. The molecule has 152 valence electrons. The van der Waals surface area contributed by atoms with Crippen LogP contribution in [0.25, 0.3) is 0 Å². The second-order valence-corrected chi connectivity index (χ2v) is 7.91. The van der Waals surface area contributed by atoms with Crippen LogP contribution in [0, 0.1) is 0 Å². The quantitative estimate of drug-likeness (QED) is 0.537. The highest BCUT2D eigenvalue weighted by Crippen LogP contribution is 2.46. The number of carbonyl (C=O) groups excluding carboxylic acids is 2. The van der Waals surface area contributed by atoms with Gasteiger partial charge in [0, 0.05) is 17.8 Å². The van der Waals surface area contributed by atoms with Crippen LogP contribution in [0.3, 0.4) is 0 Å². The van der Waals surface area contributed by atoms with Gasteiger partial charge < -0.3 is 10.2 Å². The van der Waals surface area contributed by atoms with Crippen molar-refractivity contribution in [3.8, 4) is 0 Å². The van der Waals surface area contributed by atoms with Gasteiger partial charge in [0.1, 0.15) is 6.04 Å². The van der Waals surface area contributed by atoms with Crippen molar-refractivity contribution >= 4 is 17.5 Å². The molecule has 2 aromatic carbocycles. The van der Waals surface area contributed by atoms with Crippen molar-refractivity contribution in [3.63, 3.8) is 0 Å². The molecule has 1 unspecified atom stereocenters. The lowest BCUT2D eigenvalue weighted by Gasteiger charge is -2.50. The second kappa shape index (κ2) is 8.25. The monoisotopic (exact) mass is 393 g/mol. The maximum absolute atomic E-state index is 12.8. The summed E-state index contributed by atoms with van der Waals surface area (Å²) in [5, 5.41) is 11.9. The highest BCUT2D eigenvalue weighted by Gasteiger charge is 2.46.